The van der Waals surface area contributed by atoms with E-state index in [2.05, 4.69) is 68.8 Å². The molecule has 0 atom stereocenters. The Morgan fingerprint density at radius 2 is 1.78 bits per heavy atom. The number of aromatic amines is 1. The number of hydrogen-bond acceptors (Lipinski definition) is 4. The zero-order valence-electron chi connectivity index (χ0n) is 18.7. The second-order valence-corrected chi connectivity index (χ2v) is 7.82. The number of aliphatic imine (C=N–C) groups is 1. The molecule has 0 aliphatic carbocycles. The fourth-order valence-electron chi connectivity index (χ4n) is 3.76. The van der Waals surface area contributed by atoms with Gasteiger partial charge in [0.15, 0.2) is 5.96 Å². The molecular weight excluding hydrogens is 400 g/mol. The maximum atomic E-state index is 5.48. The third-order valence-corrected chi connectivity index (χ3v) is 5.50. The van der Waals surface area contributed by atoms with E-state index < -0.39 is 0 Å². The fourth-order valence-corrected chi connectivity index (χ4v) is 3.76. The summed E-state index contributed by atoms with van der Waals surface area (Å²) < 4.78 is 5.48. The minimum atomic E-state index is 0.577. The lowest BCUT2D eigenvalue weighted by atomic mass is 10.1. The van der Waals surface area contributed by atoms with Gasteiger partial charge < -0.3 is 20.4 Å². The molecule has 0 unspecified atom stereocenters. The van der Waals surface area contributed by atoms with Gasteiger partial charge in [-0.05, 0) is 23.6 Å². The van der Waals surface area contributed by atoms with Crippen LogP contribution in [0.1, 0.15) is 23.9 Å². The van der Waals surface area contributed by atoms with Gasteiger partial charge in [0.05, 0.1) is 38.2 Å². The summed E-state index contributed by atoms with van der Waals surface area (Å²) in [5.74, 6) is 1.66. The highest BCUT2D eigenvalue weighted by molar-refractivity contribution is 5.79. The summed E-state index contributed by atoms with van der Waals surface area (Å²) >= 11 is 0. The van der Waals surface area contributed by atoms with Crippen LogP contribution in [0.4, 0.5) is 0 Å². The fraction of sp³-hybridized carbons (Fsp3) is 0.360. The molecule has 2 heterocycles. The monoisotopic (exact) mass is 432 g/mol. The van der Waals surface area contributed by atoms with Crippen LogP contribution in [-0.4, -0.2) is 53.7 Å². The first-order valence-corrected chi connectivity index (χ1v) is 11.3. The second kappa shape index (κ2) is 11.5. The highest BCUT2D eigenvalue weighted by Gasteiger charge is 2.12. The zero-order chi connectivity index (χ0) is 22.0. The van der Waals surface area contributed by atoms with Crippen molar-refractivity contribution in [3.63, 3.8) is 0 Å². The molecule has 32 heavy (non-hydrogen) atoms. The molecule has 0 spiro atoms. The van der Waals surface area contributed by atoms with E-state index in [-0.39, 0.29) is 0 Å². The Bertz CT molecular complexity index is 994. The summed E-state index contributed by atoms with van der Waals surface area (Å²) in [5.41, 5.74) is 4.72. The maximum absolute atomic E-state index is 5.48. The average Bonchev–Trinajstić information content (AvgIpc) is 3.32. The molecule has 3 aromatic rings. The molecule has 2 aromatic carbocycles. The van der Waals surface area contributed by atoms with Crippen molar-refractivity contribution in [3.05, 3.63) is 77.7 Å². The van der Waals surface area contributed by atoms with Crippen molar-refractivity contribution < 1.29 is 4.74 Å². The Balaban J connectivity index is 1.38. The lowest BCUT2D eigenvalue weighted by Gasteiger charge is -2.27. The number of aromatic nitrogens is 2. The van der Waals surface area contributed by atoms with Gasteiger partial charge in [-0.3, -0.25) is 4.90 Å². The summed E-state index contributed by atoms with van der Waals surface area (Å²) in [7, 11) is 0. The van der Waals surface area contributed by atoms with Crippen molar-refractivity contribution in [1.82, 2.24) is 25.5 Å². The first-order chi connectivity index (χ1) is 15.8. The topological polar surface area (TPSA) is 77.6 Å². The third kappa shape index (κ3) is 6.18. The molecule has 1 saturated heterocycles. The Morgan fingerprint density at radius 3 is 2.56 bits per heavy atom. The smallest absolute Gasteiger partial charge is 0.191 e. The quantitative estimate of drug-likeness (QED) is 0.377. The molecule has 3 N–H and O–H groups in total. The molecule has 1 aliphatic rings. The van der Waals surface area contributed by atoms with Crippen molar-refractivity contribution in [2.24, 2.45) is 4.99 Å². The number of hydrogen-bond donors (Lipinski definition) is 3. The van der Waals surface area contributed by atoms with Crippen molar-refractivity contribution >= 4 is 5.96 Å². The van der Waals surface area contributed by atoms with E-state index in [9.17, 15) is 0 Å². The Hall–Kier alpha value is -3.16. The van der Waals surface area contributed by atoms with Gasteiger partial charge in [-0.15, -0.1) is 0 Å². The number of imidazole rings is 1. The van der Waals surface area contributed by atoms with E-state index in [0.29, 0.717) is 13.1 Å². The van der Waals surface area contributed by atoms with Crippen LogP contribution >= 0.6 is 0 Å². The molecule has 4 rings (SSSR count). The van der Waals surface area contributed by atoms with Gasteiger partial charge in [-0.25, -0.2) is 9.98 Å². The first kappa shape index (κ1) is 22.0. The van der Waals surface area contributed by atoms with Gasteiger partial charge >= 0.3 is 0 Å². The molecule has 7 nitrogen and oxygen atoms in total. The van der Waals surface area contributed by atoms with Crippen LogP contribution in [0.2, 0.25) is 0 Å². The Kier molecular flexibility index (Phi) is 7.89. The lowest BCUT2D eigenvalue weighted by Crippen LogP contribution is -2.37. The normalized spacial score (nSPS) is 15.0. The van der Waals surface area contributed by atoms with E-state index in [4.69, 9.17) is 9.73 Å². The lowest BCUT2D eigenvalue weighted by molar-refractivity contribution is 0.0341. The molecule has 0 radical (unpaired) electrons. The molecule has 1 aliphatic heterocycles. The van der Waals surface area contributed by atoms with Crippen LogP contribution in [-0.2, 0) is 24.4 Å². The second-order valence-electron chi connectivity index (χ2n) is 7.82. The van der Waals surface area contributed by atoms with Crippen LogP contribution in [0.15, 0.2) is 65.8 Å². The SMILES string of the molecule is CCNC(=NCc1ccccc1CN1CCOCC1)NCc1ncc(-c2ccccc2)[nH]1. The Morgan fingerprint density at radius 1 is 1.03 bits per heavy atom. The predicted octanol–water partition coefficient (Wildman–Crippen LogP) is 3.16. The summed E-state index contributed by atoms with van der Waals surface area (Å²) in [5, 5.41) is 6.72. The summed E-state index contributed by atoms with van der Waals surface area (Å²) in [4.78, 5) is 15.2. The standard InChI is InChI=1S/C25H32N6O/c1-2-26-25(29-18-24-27-17-23(30-24)20-8-4-3-5-9-20)28-16-21-10-6-7-11-22(21)19-31-12-14-32-15-13-31/h3-11,17H,2,12-16,18-19H2,1H3,(H,27,30)(H2,26,28,29). The first-order valence-electron chi connectivity index (χ1n) is 11.3. The number of benzene rings is 2. The van der Waals surface area contributed by atoms with Crippen LogP contribution in [0.3, 0.4) is 0 Å². The van der Waals surface area contributed by atoms with Crippen LogP contribution in [0.25, 0.3) is 11.3 Å². The molecular formula is C25H32N6O. The number of rotatable bonds is 8. The minimum absolute atomic E-state index is 0.577. The van der Waals surface area contributed by atoms with Gasteiger partial charge in [0, 0.05) is 26.2 Å². The molecule has 0 saturated carbocycles. The number of H-pyrrole nitrogens is 1. The number of morpholine rings is 1. The van der Waals surface area contributed by atoms with Crippen molar-refractivity contribution in [3.8, 4) is 11.3 Å². The largest absolute Gasteiger partial charge is 0.379 e. The van der Waals surface area contributed by atoms with Crippen molar-refractivity contribution in [2.75, 3.05) is 32.8 Å². The molecule has 1 fully saturated rings. The van der Waals surface area contributed by atoms with Gasteiger partial charge in [0.1, 0.15) is 5.82 Å². The van der Waals surface area contributed by atoms with Gasteiger partial charge in [0.25, 0.3) is 0 Å². The Labute approximate surface area is 189 Å². The number of nitrogens with zero attached hydrogens (tertiary/aromatic N) is 3. The van der Waals surface area contributed by atoms with E-state index in [1.165, 1.54) is 11.1 Å². The van der Waals surface area contributed by atoms with E-state index in [1.54, 1.807) is 0 Å². The predicted molar refractivity (Wildman–Crippen MR) is 128 cm³/mol. The number of ether oxygens (including phenoxy) is 1. The summed E-state index contributed by atoms with van der Waals surface area (Å²) in [6.45, 7) is 8.61. The molecule has 0 amide bonds. The molecule has 0 bridgehead atoms. The van der Waals surface area contributed by atoms with Crippen LogP contribution in [0.5, 0.6) is 0 Å². The summed E-state index contributed by atoms with van der Waals surface area (Å²) in [6.07, 6.45) is 1.87. The number of nitrogens with one attached hydrogen (secondary N) is 3. The zero-order valence-corrected chi connectivity index (χ0v) is 18.7. The van der Waals surface area contributed by atoms with Crippen molar-refractivity contribution in [1.29, 1.82) is 0 Å². The van der Waals surface area contributed by atoms with E-state index >= 15 is 0 Å². The van der Waals surface area contributed by atoms with E-state index in [1.807, 2.05) is 24.4 Å². The average molecular weight is 433 g/mol. The third-order valence-electron chi connectivity index (χ3n) is 5.50. The van der Waals surface area contributed by atoms with Gasteiger partial charge in [0.2, 0.25) is 0 Å². The molecule has 168 valence electrons. The van der Waals surface area contributed by atoms with Crippen molar-refractivity contribution in [2.45, 2.75) is 26.6 Å². The highest BCUT2D eigenvalue weighted by Crippen LogP contribution is 2.16. The van der Waals surface area contributed by atoms with Crippen LogP contribution < -0.4 is 10.6 Å². The summed E-state index contributed by atoms with van der Waals surface area (Å²) in [6, 6.07) is 18.8. The van der Waals surface area contributed by atoms with Crippen LogP contribution in [0, 0.1) is 0 Å². The van der Waals surface area contributed by atoms with Gasteiger partial charge in [-0.1, -0.05) is 54.6 Å². The molecule has 7 heteroatoms. The maximum Gasteiger partial charge on any atom is 0.191 e. The molecule has 1 aromatic heterocycles. The minimum Gasteiger partial charge on any atom is -0.379 e. The number of guanidine groups is 1. The van der Waals surface area contributed by atoms with Gasteiger partial charge in [-0.2, -0.15) is 0 Å². The highest BCUT2D eigenvalue weighted by atomic mass is 16.5. The van der Waals surface area contributed by atoms with E-state index in [0.717, 1.165) is 62.4 Å².